The summed E-state index contributed by atoms with van der Waals surface area (Å²) in [4.78, 5) is 14.2. The van der Waals surface area contributed by atoms with Gasteiger partial charge in [-0.3, -0.25) is 4.79 Å². The molecule has 0 aromatic heterocycles. The topological polar surface area (TPSA) is 58.4 Å². The molecule has 0 saturated heterocycles. The zero-order valence-corrected chi connectivity index (χ0v) is 12.3. The minimum Gasteiger partial charge on any atom is -0.397 e. The number of carbonyl (C=O) groups excluding carboxylic acids is 1. The van der Waals surface area contributed by atoms with Gasteiger partial charge in [0.15, 0.2) is 0 Å². The molecule has 0 unspecified atom stereocenters. The number of nitrogens with two attached hydrogens (primary N) is 1. The molecule has 1 aromatic rings. The lowest BCUT2D eigenvalue weighted by Crippen LogP contribution is -2.30. The molecule has 4 nitrogen and oxygen atoms in total. The van der Waals surface area contributed by atoms with Crippen molar-refractivity contribution >= 4 is 17.3 Å². The standard InChI is InChI=1S/C16H25N3O/c1-19(12-13-6-4-7-13)11-5-10-16(20)18-15-9-3-2-8-14(15)17/h2-3,8-9,13H,4-7,10-12,17H2,1H3,(H,18,20). The maximum absolute atomic E-state index is 11.9. The minimum atomic E-state index is 0.0416. The van der Waals surface area contributed by atoms with Crippen LogP contribution >= 0.6 is 0 Å². The Labute approximate surface area is 121 Å². The first-order valence-corrected chi connectivity index (χ1v) is 7.48. The van der Waals surface area contributed by atoms with Crippen LogP contribution in [0, 0.1) is 5.92 Å². The fourth-order valence-corrected chi connectivity index (χ4v) is 2.54. The lowest BCUT2D eigenvalue weighted by Gasteiger charge is -2.30. The summed E-state index contributed by atoms with van der Waals surface area (Å²) in [5, 5.41) is 2.86. The molecule has 1 saturated carbocycles. The Morgan fingerprint density at radius 1 is 1.40 bits per heavy atom. The molecule has 1 aliphatic carbocycles. The van der Waals surface area contributed by atoms with E-state index >= 15 is 0 Å². The fraction of sp³-hybridized carbons (Fsp3) is 0.562. The molecular weight excluding hydrogens is 250 g/mol. The molecule has 0 bridgehead atoms. The number of nitrogens with one attached hydrogen (secondary N) is 1. The van der Waals surface area contributed by atoms with Crippen LogP contribution in [0.5, 0.6) is 0 Å². The van der Waals surface area contributed by atoms with Crippen molar-refractivity contribution in [3.63, 3.8) is 0 Å². The van der Waals surface area contributed by atoms with Crippen LogP contribution in [0.25, 0.3) is 0 Å². The van der Waals surface area contributed by atoms with Crippen LogP contribution in [0.4, 0.5) is 11.4 Å². The summed E-state index contributed by atoms with van der Waals surface area (Å²) in [6.07, 6.45) is 5.57. The normalized spacial score (nSPS) is 15.1. The number of nitrogens with zero attached hydrogens (tertiary/aromatic N) is 1. The molecule has 0 aliphatic heterocycles. The minimum absolute atomic E-state index is 0.0416. The molecule has 1 aromatic carbocycles. The fourth-order valence-electron chi connectivity index (χ4n) is 2.54. The van der Waals surface area contributed by atoms with Gasteiger partial charge in [0.2, 0.25) is 5.91 Å². The van der Waals surface area contributed by atoms with Crippen LogP contribution in [-0.4, -0.2) is 30.9 Å². The number of rotatable bonds is 7. The first-order chi connectivity index (χ1) is 9.65. The van der Waals surface area contributed by atoms with Crippen LogP contribution in [-0.2, 0) is 4.79 Å². The highest BCUT2D eigenvalue weighted by Crippen LogP contribution is 2.26. The van der Waals surface area contributed by atoms with E-state index in [0.29, 0.717) is 17.8 Å². The van der Waals surface area contributed by atoms with Crippen molar-refractivity contribution in [2.24, 2.45) is 5.92 Å². The van der Waals surface area contributed by atoms with Crippen LogP contribution < -0.4 is 11.1 Å². The van der Waals surface area contributed by atoms with Gasteiger partial charge in [0, 0.05) is 13.0 Å². The maximum Gasteiger partial charge on any atom is 0.224 e. The van der Waals surface area contributed by atoms with Gasteiger partial charge in [-0.1, -0.05) is 18.6 Å². The highest BCUT2D eigenvalue weighted by atomic mass is 16.1. The number of amides is 1. The van der Waals surface area contributed by atoms with Gasteiger partial charge >= 0.3 is 0 Å². The molecule has 1 aliphatic rings. The number of anilines is 2. The monoisotopic (exact) mass is 275 g/mol. The first kappa shape index (κ1) is 14.9. The maximum atomic E-state index is 11.9. The van der Waals surface area contributed by atoms with E-state index in [2.05, 4.69) is 17.3 Å². The van der Waals surface area contributed by atoms with E-state index < -0.39 is 0 Å². The number of benzene rings is 1. The molecule has 0 heterocycles. The molecular formula is C16H25N3O. The molecule has 4 heteroatoms. The molecule has 3 N–H and O–H groups in total. The Balaban J connectivity index is 1.63. The van der Waals surface area contributed by atoms with E-state index in [0.717, 1.165) is 18.9 Å². The summed E-state index contributed by atoms with van der Waals surface area (Å²) in [6.45, 7) is 2.15. The largest absolute Gasteiger partial charge is 0.397 e. The van der Waals surface area contributed by atoms with Crippen molar-refractivity contribution in [2.45, 2.75) is 32.1 Å². The van der Waals surface area contributed by atoms with E-state index in [1.807, 2.05) is 18.2 Å². The van der Waals surface area contributed by atoms with Gasteiger partial charge in [0.05, 0.1) is 11.4 Å². The van der Waals surface area contributed by atoms with Gasteiger partial charge in [0.25, 0.3) is 0 Å². The number of carbonyl (C=O) groups is 1. The van der Waals surface area contributed by atoms with Crippen molar-refractivity contribution in [2.75, 3.05) is 31.2 Å². The Kier molecular flexibility index (Phi) is 5.41. The highest BCUT2D eigenvalue weighted by molar-refractivity contribution is 5.93. The SMILES string of the molecule is CN(CCCC(=O)Nc1ccccc1N)CC1CCC1. The van der Waals surface area contributed by atoms with Crippen molar-refractivity contribution in [3.05, 3.63) is 24.3 Å². The highest BCUT2D eigenvalue weighted by Gasteiger charge is 2.18. The Bertz CT molecular complexity index is 443. The first-order valence-electron chi connectivity index (χ1n) is 7.48. The summed E-state index contributed by atoms with van der Waals surface area (Å²) in [6, 6.07) is 7.36. The Hall–Kier alpha value is -1.55. The second-order valence-electron chi connectivity index (χ2n) is 5.80. The molecule has 0 atom stereocenters. The third-order valence-electron chi connectivity index (χ3n) is 3.97. The van der Waals surface area contributed by atoms with E-state index in [9.17, 15) is 4.79 Å². The number of hydrogen-bond donors (Lipinski definition) is 2. The Morgan fingerprint density at radius 2 is 2.15 bits per heavy atom. The zero-order chi connectivity index (χ0) is 14.4. The molecule has 0 spiro atoms. The molecule has 20 heavy (non-hydrogen) atoms. The second-order valence-corrected chi connectivity index (χ2v) is 5.80. The van der Waals surface area contributed by atoms with Gasteiger partial charge in [0.1, 0.15) is 0 Å². The van der Waals surface area contributed by atoms with Gasteiger partial charge in [-0.15, -0.1) is 0 Å². The lowest BCUT2D eigenvalue weighted by molar-refractivity contribution is -0.116. The Morgan fingerprint density at radius 3 is 2.80 bits per heavy atom. The summed E-state index contributed by atoms with van der Waals surface area (Å²) >= 11 is 0. The zero-order valence-electron chi connectivity index (χ0n) is 12.3. The second kappa shape index (κ2) is 7.29. The predicted molar refractivity (Wildman–Crippen MR) is 83.6 cm³/mol. The number of hydrogen-bond acceptors (Lipinski definition) is 3. The molecule has 0 radical (unpaired) electrons. The van der Waals surface area contributed by atoms with Crippen molar-refractivity contribution < 1.29 is 4.79 Å². The molecule has 1 fully saturated rings. The summed E-state index contributed by atoms with van der Waals surface area (Å²) in [5.74, 6) is 0.929. The smallest absolute Gasteiger partial charge is 0.224 e. The molecule has 2 rings (SSSR count). The van der Waals surface area contributed by atoms with E-state index in [1.54, 1.807) is 6.07 Å². The van der Waals surface area contributed by atoms with Gasteiger partial charge in [-0.2, -0.15) is 0 Å². The summed E-state index contributed by atoms with van der Waals surface area (Å²) in [7, 11) is 2.14. The van der Waals surface area contributed by atoms with Crippen LogP contribution in [0.2, 0.25) is 0 Å². The van der Waals surface area contributed by atoms with Crippen molar-refractivity contribution in [1.82, 2.24) is 4.90 Å². The average molecular weight is 275 g/mol. The van der Waals surface area contributed by atoms with E-state index in [4.69, 9.17) is 5.73 Å². The third-order valence-corrected chi connectivity index (χ3v) is 3.97. The summed E-state index contributed by atoms with van der Waals surface area (Å²) < 4.78 is 0. The van der Waals surface area contributed by atoms with Gasteiger partial charge in [-0.05, 0) is 50.9 Å². The van der Waals surface area contributed by atoms with Crippen LogP contribution in [0.3, 0.4) is 0 Å². The van der Waals surface area contributed by atoms with Crippen LogP contribution in [0.1, 0.15) is 32.1 Å². The van der Waals surface area contributed by atoms with Gasteiger partial charge < -0.3 is 16.0 Å². The quantitative estimate of drug-likeness (QED) is 0.752. The van der Waals surface area contributed by atoms with Gasteiger partial charge in [-0.25, -0.2) is 0 Å². The molecule has 110 valence electrons. The number of nitrogen functional groups attached to an aromatic ring is 1. The summed E-state index contributed by atoms with van der Waals surface area (Å²) in [5.41, 5.74) is 7.12. The van der Waals surface area contributed by atoms with E-state index in [-0.39, 0.29) is 5.91 Å². The molecule has 1 amide bonds. The van der Waals surface area contributed by atoms with E-state index in [1.165, 1.54) is 25.8 Å². The third kappa shape index (κ3) is 4.53. The van der Waals surface area contributed by atoms with Crippen LogP contribution in [0.15, 0.2) is 24.3 Å². The predicted octanol–water partition coefficient (Wildman–Crippen LogP) is 2.72. The van der Waals surface area contributed by atoms with Crippen molar-refractivity contribution in [1.29, 1.82) is 0 Å². The number of para-hydroxylation sites is 2. The lowest BCUT2D eigenvalue weighted by atomic mass is 9.85. The average Bonchev–Trinajstić information content (AvgIpc) is 2.37. The van der Waals surface area contributed by atoms with Crippen molar-refractivity contribution in [3.8, 4) is 0 Å².